The van der Waals surface area contributed by atoms with E-state index in [4.69, 9.17) is 4.74 Å². The second-order valence-corrected chi connectivity index (χ2v) is 16.3. The van der Waals surface area contributed by atoms with Gasteiger partial charge >= 0.3 is 6.09 Å². The van der Waals surface area contributed by atoms with Crippen molar-refractivity contribution in [1.82, 2.24) is 20.3 Å². The van der Waals surface area contributed by atoms with Crippen LogP contribution in [0.1, 0.15) is 106 Å². The molecule has 3 aliphatic rings. The van der Waals surface area contributed by atoms with E-state index in [2.05, 4.69) is 21.9 Å². The third-order valence-electron chi connectivity index (χ3n) is 8.61. The molecule has 0 radical (unpaired) electrons. The topological polar surface area (TPSA) is 151 Å². The first-order chi connectivity index (χ1) is 19.3. The summed E-state index contributed by atoms with van der Waals surface area (Å²) in [7, 11) is -3.94. The largest absolute Gasteiger partial charge is 0.444 e. The molecule has 3 N–H and O–H groups in total. The number of amides is 4. The smallest absolute Gasteiger partial charge is 0.408 e. The fraction of sp³-hybridized carbons (Fsp3) is 0.800. The number of ether oxygens (including phenoxy) is 1. The van der Waals surface area contributed by atoms with Gasteiger partial charge < -0.3 is 20.3 Å². The summed E-state index contributed by atoms with van der Waals surface area (Å²) >= 11 is 0. The number of likely N-dealkylation sites (tertiary alicyclic amines) is 1. The Hall–Kier alpha value is -2.63. The van der Waals surface area contributed by atoms with Crippen molar-refractivity contribution < 1.29 is 32.3 Å². The van der Waals surface area contributed by atoms with Crippen LogP contribution >= 0.6 is 0 Å². The molecule has 3 fully saturated rings. The summed E-state index contributed by atoms with van der Waals surface area (Å²) in [4.78, 5) is 54.9. The summed E-state index contributed by atoms with van der Waals surface area (Å²) in [5, 5.41) is 5.54. The molecule has 0 aromatic heterocycles. The van der Waals surface area contributed by atoms with Crippen LogP contribution in [0, 0.1) is 11.3 Å². The van der Waals surface area contributed by atoms with Crippen LogP contribution in [-0.4, -0.2) is 71.6 Å². The van der Waals surface area contributed by atoms with E-state index in [0.29, 0.717) is 64.3 Å². The number of alkyl carbamates (subject to hydrolysis) is 1. The molecule has 11 nitrogen and oxygen atoms in total. The maximum Gasteiger partial charge on any atom is 0.408 e. The average Bonchev–Trinajstić information content (AvgIpc) is 3.74. The number of carbonyl (C=O) groups is 4. The predicted molar refractivity (Wildman–Crippen MR) is 160 cm³/mol. The molecule has 0 aromatic carbocycles. The standard InChI is InChI=1S/C30H50N4O7S/c1-9-11-12-15-29(16-17-29)42(39,40)33-25(37)30(19-20(30)10-2)32-23(35)21-14-13-18-34(21)24(36)22(27(3,4)5)31-26(38)41-28(6,7)8/h9,20-22H,1,10-19H2,2-8H3,(H,31,38)(H,32,35)(H,33,37). The number of unbranched alkanes of at least 4 members (excludes halogenated alkanes) is 1. The van der Waals surface area contributed by atoms with Gasteiger partial charge in [0, 0.05) is 6.54 Å². The first kappa shape index (κ1) is 33.9. The van der Waals surface area contributed by atoms with Gasteiger partial charge in [0.25, 0.3) is 5.91 Å². The molecule has 238 valence electrons. The predicted octanol–water partition coefficient (Wildman–Crippen LogP) is 3.54. The Morgan fingerprint density at radius 2 is 1.76 bits per heavy atom. The van der Waals surface area contributed by atoms with Gasteiger partial charge in [0.2, 0.25) is 21.8 Å². The Morgan fingerprint density at radius 1 is 1.12 bits per heavy atom. The lowest BCUT2D eigenvalue weighted by Crippen LogP contribution is -2.60. The Balaban J connectivity index is 1.74. The van der Waals surface area contributed by atoms with Crippen LogP contribution in [0.5, 0.6) is 0 Å². The van der Waals surface area contributed by atoms with Crippen molar-refractivity contribution in [2.45, 2.75) is 134 Å². The zero-order chi connectivity index (χ0) is 31.7. The van der Waals surface area contributed by atoms with E-state index < -0.39 is 67.2 Å². The number of nitrogens with one attached hydrogen (secondary N) is 3. The molecule has 1 saturated heterocycles. The Morgan fingerprint density at radius 3 is 2.26 bits per heavy atom. The van der Waals surface area contributed by atoms with Gasteiger partial charge in [0.15, 0.2) is 0 Å². The molecule has 2 saturated carbocycles. The van der Waals surface area contributed by atoms with E-state index in [1.807, 2.05) is 27.7 Å². The molecule has 0 aromatic rings. The number of nitrogens with zero attached hydrogens (tertiary/aromatic N) is 1. The molecule has 4 amide bonds. The number of sulfonamides is 1. The molecule has 4 atom stereocenters. The van der Waals surface area contributed by atoms with Crippen molar-refractivity contribution in [3.05, 3.63) is 12.7 Å². The Labute approximate surface area is 251 Å². The zero-order valence-electron chi connectivity index (χ0n) is 26.3. The van der Waals surface area contributed by atoms with Crippen LogP contribution < -0.4 is 15.4 Å². The second kappa shape index (κ2) is 12.2. The minimum atomic E-state index is -3.94. The molecule has 0 bridgehead atoms. The highest BCUT2D eigenvalue weighted by Gasteiger charge is 2.63. The molecule has 0 spiro atoms. The first-order valence-corrected chi connectivity index (χ1v) is 16.6. The third kappa shape index (κ3) is 7.47. The lowest BCUT2D eigenvalue weighted by molar-refractivity contribution is -0.143. The summed E-state index contributed by atoms with van der Waals surface area (Å²) in [6, 6.07) is -1.81. The van der Waals surface area contributed by atoms with Crippen LogP contribution in [0.4, 0.5) is 4.79 Å². The van der Waals surface area contributed by atoms with E-state index in [9.17, 15) is 27.6 Å². The van der Waals surface area contributed by atoms with Crippen LogP contribution in [0.15, 0.2) is 12.7 Å². The normalized spacial score (nSPS) is 25.6. The summed E-state index contributed by atoms with van der Waals surface area (Å²) in [6.07, 6.45) is 5.69. The van der Waals surface area contributed by atoms with Crippen LogP contribution in [0.2, 0.25) is 0 Å². The molecule has 1 heterocycles. The SMILES string of the molecule is C=CCCCC1(S(=O)(=O)NC(=O)C2(NC(=O)C3CCCN3C(=O)C(NC(=O)OC(C)(C)C)C(C)(C)C)CC2CC)CC1. The number of rotatable bonds is 12. The summed E-state index contributed by atoms with van der Waals surface area (Å²) in [6.45, 7) is 16.5. The summed E-state index contributed by atoms with van der Waals surface area (Å²) in [5.74, 6) is -1.84. The average molecular weight is 611 g/mol. The van der Waals surface area contributed by atoms with Gasteiger partial charge in [-0.2, -0.15) is 0 Å². The van der Waals surface area contributed by atoms with Gasteiger partial charge in [0.05, 0.1) is 4.75 Å². The molecule has 4 unspecified atom stereocenters. The van der Waals surface area contributed by atoms with E-state index in [0.717, 1.165) is 0 Å². The fourth-order valence-corrected chi connectivity index (χ4v) is 7.53. The van der Waals surface area contributed by atoms with Crippen LogP contribution in [-0.2, 0) is 29.1 Å². The quantitative estimate of drug-likeness (QED) is 0.226. The van der Waals surface area contributed by atoms with E-state index >= 15 is 0 Å². The van der Waals surface area contributed by atoms with E-state index in [-0.39, 0.29) is 5.92 Å². The molecule has 12 heteroatoms. The maximum absolute atomic E-state index is 13.8. The number of carbonyl (C=O) groups excluding carboxylic acids is 4. The van der Waals surface area contributed by atoms with Crippen molar-refractivity contribution >= 4 is 33.8 Å². The summed E-state index contributed by atoms with van der Waals surface area (Å²) < 4.78 is 33.2. The van der Waals surface area contributed by atoms with Gasteiger partial charge in [-0.1, -0.05) is 40.2 Å². The van der Waals surface area contributed by atoms with Crippen LogP contribution in [0.25, 0.3) is 0 Å². The summed E-state index contributed by atoms with van der Waals surface area (Å²) in [5.41, 5.74) is -2.77. The van der Waals surface area contributed by atoms with Gasteiger partial charge in [-0.25, -0.2) is 13.2 Å². The van der Waals surface area contributed by atoms with Crippen molar-refractivity contribution in [1.29, 1.82) is 0 Å². The van der Waals surface area contributed by atoms with Gasteiger partial charge in [-0.05, 0) is 83.5 Å². The minimum absolute atomic E-state index is 0.214. The molecule has 2 aliphatic carbocycles. The lowest BCUT2D eigenvalue weighted by Gasteiger charge is -2.36. The van der Waals surface area contributed by atoms with Gasteiger partial charge in [0.1, 0.15) is 23.2 Å². The van der Waals surface area contributed by atoms with E-state index in [1.54, 1.807) is 26.8 Å². The molecular weight excluding hydrogens is 560 g/mol. The highest BCUT2D eigenvalue weighted by molar-refractivity contribution is 7.91. The highest BCUT2D eigenvalue weighted by Crippen LogP contribution is 2.49. The van der Waals surface area contributed by atoms with Gasteiger partial charge in [-0.3, -0.25) is 19.1 Å². The second-order valence-electron chi connectivity index (χ2n) is 14.2. The monoisotopic (exact) mass is 610 g/mol. The van der Waals surface area contributed by atoms with Crippen LogP contribution in [0.3, 0.4) is 0 Å². The first-order valence-electron chi connectivity index (χ1n) is 15.1. The number of allylic oxidation sites excluding steroid dienone is 1. The lowest BCUT2D eigenvalue weighted by atomic mass is 9.85. The van der Waals surface area contributed by atoms with Gasteiger partial charge in [-0.15, -0.1) is 6.58 Å². The molecule has 1 aliphatic heterocycles. The number of hydrogen-bond donors (Lipinski definition) is 3. The minimum Gasteiger partial charge on any atom is -0.444 e. The highest BCUT2D eigenvalue weighted by atomic mass is 32.2. The van der Waals surface area contributed by atoms with Crippen molar-refractivity contribution in [3.8, 4) is 0 Å². The van der Waals surface area contributed by atoms with Crippen molar-refractivity contribution in [2.24, 2.45) is 11.3 Å². The van der Waals surface area contributed by atoms with Crippen molar-refractivity contribution in [3.63, 3.8) is 0 Å². The third-order valence-corrected chi connectivity index (χ3v) is 10.8. The zero-order valence-corrected chi connectivity index (χ0v) is 27.1. The Kier molecular flexibility index (Phi) is 9.81. The molecule has 3 rings (SSSR count). The maximum atomic E-state index is 13.8. The molecule has 42 heavy (non-hydrogen) atoms. The van der Waals surface area contributed by atoms with E-state index in [1.165, 1.54) is 4.90 Å². The number of hydrogen-bond acceptors (Lipinski definition) is 7. The van der Waals surface area contributed by atoms with Crippen molar-refractivity contribution in [2.75, 3.05) is 6.54 Å². The molecular formula is C30H50N4O7S. The Bertz CT molecular complexity index is 1180. The fourth-order valence-electron chi connectivity index (χ4n) is 5.84.